The molecule has 0 unspecified atom stereocenters. The lowest BCUT2D eigenvalue weighted by atomic mass is 10.0. The van der Waals surface area contributed by atoms with Gasteiger partial charge in [0.2, 0.25) is 5.91 Å². The zero-order chi connectivity index (χ0) is 18.9. The molecular weight excluding hydrogens is 336 g/mol. The molecule has 1 amide bonds. The van der Waals surface area contributed by atoms with Crippen LogP contribution in [-0.4, -0.2) is 31.6 Å². The van der Waals surface area contributed by atoms with E-state index in [0.29, 0.717) is 25.7 Å². The van der Waals surface area contributed by atoms with Crippen molar-refractivity contribution in [3.63, 3.8) is 0 Å². The van der Waals surface area contributed by atoms with Gasteiger partial charge in [-0.1, -0.05) is 42.5 Å². The van der Waals surface area contributed by atoms with E-state index in [4.69, 9.17) is 4.74 Å². The zero-order valence-electron chi connectivity index (χ0n) is 16.2. The fourth-order valence-electron chi connectivity index (χ4n) is 3.51. The second-order valence-electron chi connectivity index (χ2n) is 7.31. The van der Waals surface area contributed by atoms with Crippen molar-refractivity contribution in [2.24, 2.45) is 0 Å². The molecule has 1 aliphatic heterocycles. The summed E-state index contributed by atoms with van der Waals surface area (Å²) in [6, 6.07) is 19.1. The monoisotopic (exact) mass is 366 g/mol. The molecule has 1 aliphatic rings. The third-order valence-corrected chi connectivity index (χ3v) is 5.03. The second-order valence-corrected chi connectivity index (χ2v) is 7.31. The minimum absolute atomic E-state index is 0.146. The first-order valence-electron chi connectivity index (χ1n) is 9.93. The van der Waals surface area contributed by atoms with Crippen LogP contribution in [0.25, 0.3) is 0 Å². The largest absolute Gasteiger partial charge is 0.377 e. The molecule has 1 N–H and O–H groups in total. The number of piperidine rings is 1. The lowest BCUT2D eigenvalue weighted by Gasteiger charge is -2.34. The number of nitrogens with zero attached hydrogens (tertiary/aromatic N) is 1. The molecule has 1 fully saturated rings. The minimum Gasteiger partial charge on any atom is -0.377 e. The van der Waals surface area contributed by atoms with Gasteiger partial charge in [-0.2, -0.15) is 0 Å². The number of hydrogen-bond donors (Lipinski definition) is 1. The summed E-state index contributed by atoms with van der Waals surface area (Å²) in [5, 5.41) is 3.19. The van der Waals surface area contributed by atoms with Crippen LogP contribution >= 0.6 is 0 Å². The average Bonchev–Trinajstić information content (AvgIpc) is 2.69. The normalized spacial score (nSPS) is 14.9. The molecule has 4 nitrogen and oxygen atoms in total. The quantitative estimate of drug-likeness (QED) is 0.716. The highest BCUT2D eigenvalue weighted by Gasteiger charge is 2.20. The summed E-state index contributed by atoms with van der Waals surface area (Å²) in [5.74, 6) is 0.146. The highest BCUT2D eigenvalue weighted by Crippen LogP contribution is 2.21. The fraction of sp³-hybridized carbons (Fsp3) is 0.435. The van der Waals surface area contributed by atoms with Gasteiger partial charge in [0.25, 0.3) is 0 Å². The van der Waals surface area contributed by atoms with Crippen molar-refractivity contribution in [1.82, 2.24) is 5.32 Å². The van der Waals surface area contributed by atoms with Crippen LogP contribution in [0.3, 0.4) is 0 Å². The molecule has 0 bridgehead atoms. The molecule has 0 spiro atoms. The first-order chi connectivity index (χ1) is 13.2. The number of ether oxygens (including phenoxy) is 1. The van der Waals surface area contributed by atoms with Crippen molar-refractivity contribution in [3.8, 4) is 0 Å². The van der Waals surface area contributed by atoms with Crippen LogP contribution in [0.1, 0.15) is 36.8 Å². The topological polar surface area (TPSA) is 41.6 Å². The van der Waals surface area contributed by atoms with Crippen LogP contribution in [0.2, 0.25) is 0 Å². The van der Waals surface area contributed by atoms with Gasteiger partial charge in [0.15, 0.2) is 0 Å². The summed E-state index contributed by atoms with van der Waals surface area (Å²) in [7, 11) is 0. The standard InChI is InChI=1S/C23H30N2O2/c1-19-7-5-10-22(17-19)25-14-12-21(13-15-25)24-23(26)11-6-16-27-18-20-8-3-2-4-9-20/h2-5,7-10,17,21H,6,11-16,18H2,1H3,(H,24,26). The second kappa shape index (κ2) is 10.1. The molecule has 2 aromatic rings. The Morgan fingerprint density at radius 1 is 1.11 bits per heavy atom. The molecule has 0 atom stereocenters. The van der Waals surface area contributed by atoms with Crippen LogP contribution in [0, 0.1) is 6.92 Å². The van der Waals surface area contributed by atoms with Gasteiger partial charge in [0.05, 0.1) is 6.61 Å². The average molecular weight is 367 g/mol. The smallest absolute Gasteiger partial charge is 0.220 e. The van der Waals surface area contributed by atoms with E-state index < -0.39 is 0 Å². The van der Waals surface area contributed by atoms with E-state index in [1.54, 1.807) is 0 Å². The third kappa shape index (κ3) is 6.40. The molecule has 0 radical (unpaired) electrons. The lowest BCUT2D eigenvalue weighted by Crippen LogP contribution is -2.44. The van der Waals surface area contributed by atoms with E-state index in [2.05, 4.69) is 53.5 Å². The minimum atomic E-state index is 0.146. The SMILES string of the molecule is Cc1cccc(N2CCC(NC(=O)CCCOCc3ccccc3)CC2)c1. The van der Waals surface area contributed by atoms with Crippen molar-refractivity contribution < 1.29 is 9.53 Å². The summed E-state index contributed by atoms with van der Waals surface area (Å²) in [6.45, 7) is 5.34. The summed E-state index contributed by atoms with van der Waals surface area (Å²) < 4.78 is 5.65. The van der Waals surface area contributed by atoms with Gasteiger partial charge >= 0.3 is 0 Å². The molecule has 0 aromatic heterocycles. The third-order valence-electron chi connectivity index (χ3n) is 5.03. The van der Waals surface area contributed by atoms with Gasteiger partial charge < -0.3 is 15.0 Å². The maximum Gasteiger partial charge on any atom is 0.220 e. The predicted octanol–water partition coefficient (Wildman–Crippen LogP) is 4.08. The summed E-state index contributed by atoms with van der Waals surface area (Å²) in [4.78, 5) is 14.6. The molecule has 4 heteroatoms. The highest BCUT2D eigenvalue weighted by atomic mass is 16.5. The Labute approximate surface area is 162 Å². The maximum atomic E-state index is 12.2. The number of hydrogen-bond acceptors (Lipinski definition) is 3. The number of carbonyl (C=O) groups is 1. The van der Waals surface area contributed by atoms with E-state index in [9.17, 15) is 4.79 Å². The number of benzene rings is 2. The van der Waals surface area contributed by atoms with E-state index in [1.807, 2.05) is 18.2 Å². The predicted molar refractivity (Wildman–Crippen MR) is 110 cm³/mol. The van der Waals surface area contributed by atoms with Crippen LogP contribution < -0.4 is 10.2 Å². The van der Waals surface area contributed by atoms with E-state index in [1.165, 1.54) is 16.8 Å². The Morgan fingerprint density at radius 2 is 1.89 bits per heavy atom. The first kappa shape index (κ1) is 19.4. The molecule has 1 heterocycles. The van der Waals surface area contributed by atoms with Gasteiger partial charge in [0.1, 0.15) is 0 Å². The number of amides is 1. The number of aryl methyl sites for hydroxylation is 1. The molecule has 3 rings (SSSR count). The summed E-state index contributed by atoms with van der Waals surface area (Å²) in [5.41, 5.74) is 3.75. The van der Waals surface area contributed by atoms with E-state index in [-0.39, 0.29) is 5.91 Å². The Balaban J connectivity index is 1.29. The fourth-order valence-corrected chi connectivity index (χ4v) is 3.51. The number of anilines is 1. The van der Waals surface area contributed by atoms with Gasteiger partial charge in [-0.15, -0.1) is 0 Å². The maximum absolute atomic E-state index is 12.2. The van der Waals surface area contributed by atoms with Crippen molar-refractivity contribution in [2.75, 3.05) is 24.6 Å². The molecule has 144 valence electrons. The summed E-state index contributed by atoms with van der Waals surface area (Å²) >= 11 is 0. The van der Waals surface area contributed by atoms with Gasteiger partial charge in [-0.25, -0.2) is 0 Å². The Morgan fingerprint density at radius 3 is 2.63 bits per heavy atom. The first-order valence-corrected chi connectivity index (χ1v) is 9.93. The molecule has 1 saturated heterocycles. The molecular formula is C23H30N2O2. The molecule has 27 heavy (non-hydrogen) atoms. The Kier molecular flexibility index (Phi) is 7.28. The van der Waals surface area contributed by atoms with Crippen molar-refractivity contribution in [1.29, 1.82) is 0 Å². The van der Waals surface area contributed by atoms with Crippen molar-refractivity contribution in [2.45, 2.75) is 45.3 Å². The molecule has 0 aliphatic carbocycles. The van der Waals surface area contributed by atoms with Crippen LogP contribution in [0.15, 0.2) is 54.6 Å². The zero-order valence-corrected chi connectivity index (χ0v) is 16.2. The van der Waals surface area contributed by atoms with Crippen LogP contribution in [0.4, 0.5) is 5.69 Å². The van der Waals surface area contributed by atoms with Crippen molar-refractivity contribution in [3.05, 3.63) is 65.7 Å². The lowest BCUT2D eigenvalue weighted by molar-refractivity contribution is -0.122. The number of carbonyl (C=O) groups excluding carboxylic acids is 1. The number of nitrogens with one attached hydrogen (secondary N) is 1. The van der Waals surface area contributed by atoms with Gasteiger partial charge in [0, 0.05) is 37.8 Å². The van der Waals surface area contributed by atoms with Gasteiger partial charge in [-0.3, -0.25) is 4.79 Å². The highest BCUT2D eigenvalue weighted by molar-refractivity contribution is 5.76. The van der Waals surface area contributed by atoms with E-state index >= 15 is 0 Å². The number of rotatable bonds is 8. The van der Waals surface area contributed by atoms with Crippen molar-refractivity contribution >= 4 is 11.6 Å². The molecule has 2 aromatic carbocycles. The molecule has 0 saturated carbocycles. The van der Waals surface area contributed by atoms with Gasteiger partial charge in [-0.05, 0) is 49.4 Å². The Hall–Kier alpha value is -2.33. The Bertz CT molecular complexity index is 709. The summed E-state index contributed by atoms with van der Waals surface area (Å²) in [6.07, 6.45) is 3.31. The van der Waals surface area contributed by atoms with Crippen LogP contribution in [-0.2, 0) is 16.1 Å². The van der Waals surface area contributed by atoms with E-state index in [0.717, 1.165) is 32.4 Å². The van der Waals surface area contributed by atoms with Crippen LogP contribution in [0.5, 0.6) is 0 Å².